The molecule has 0 atom stereocenters. The average molecular weight is 332 g/mol. The minimum Gasteiger partial charge on any atom is -0.345 e. The Morgan fingerprint density at radius 1 is 1.22 bits per heavy atom. The number of hydrogen-bond acceptors (Lipinski definition) is 5. The summed E-state index contributed by atoms with van der Waals surface area (Å²) in [6.07, 6.45) is 4.57. The molecule has 0 aromatic carbocycles. The minimum absolute atomic E-state index is 0.0210. The Morgan fingerprint density at radius 2 is 1.96 bits per heavy atom. The van der Waals surface area contributed by atoms with E-state index in [9.17, 15) is 9.59 Å². The van der Waals surface area contributed by atoms with E-state index in [1.54, 1.807) is 16.7 Å². The Bertz CT molecular complexity index is 804. The van der Waals surface area contributed by atoms with E-state index in [1.807, 2.05) is 17.3 Å². The average Bonchev–Trinajstić information content (AvgIpc) is 3.11. The molecule has 4 rings (SSSR count). The first-order valence-corrected chi connectivity index (χ1v) is 8.89. The van der Waals surface area contributed by atoms with Crippen molar-refractivity contribution in [1.29, 1.82) is 0 Å². The summed E-state index contributed by atoms with van der Waals surface area (Å²) in [6.45, 7) is 3.35. The van der Waals surface area contributed by atoms with Crippen LogP contribution in [0.2, 0.25) is 0 Å². The molecule has 0 bridgehead atoms. The van der Waals surface area contributed by atoms with Gasteiger partial charge in [0.15, 0.2) is 4.96 Å². The van der Waals surface area contributed by atoms with Gasteiger partial charge in [0.05, 0.1) is 11.1 Å². The van der Waals surface area contributed by atoms with Gasteiger partial charge in [-0.05, 0) is 32.4 Å². The summed E-state index contributed by atoms with van der Waals surface area (Å²) in [4.78, 5) is 33.9. The first kappa shape index (κ1) is 14.8. The highest BCUT2D eigenvalue weighted by Gasteiger charge is 2.46. The monoisotopic (exact) mass is 332 g/mol. The van der Waals surface area contributed by atoms with E-state index in [-0.39, 0.29) is 11.0 Å². The van der Waals surface area contributed by atoms with Crippen molar-refractivity contribution in [3.63, 3.8) is 0 Å². The van der Waals surface area contributed by atoms with Gasteiger partial charge >= 0.3 is 0 Å². The summed E-state index contributed by atoms with van der Waals surface area (Å²) in [5, 5.41) is 1.88. The van der Waals surface area contributed by atoms with Crippen LogP contribution in [0.3, 0.4) is 0 Å². The third kappa shape index (κ3) is 2.48. The third-order valence-corrected chi connectivity index (χ3v) is 6.04. The van der Waals surface area contributed by atoms with Crippen molar-refractivity contribution in [2.45, 2.75) is 25.8 Å². The van der Waals surface area contributed by atoms with Crippen molar-refractivity contribution in [3.05, 3.63) is 33.7 Å². The van der Waals surface area contributed by atoms with Gasteiger partial charge in [0.25, 0.3) is 5.56 Å². The van der Waals surface area contributed by atoms with E-state index in [2.05, 4.69) is 9.88 Å². The summed E-state index contributed by atoms with van der Waals surface area (Å²) >= 11 is 1.48. The molecule has 7 heteroatoms. The summed E-state index contributed by atoms with van der Waals surface area (Å²) in [5.74, 6) is 0.313. The minimum atomic E-state index is -0.129. The van der Waals surface area contributed by atoms with Crippen molar-refractivity contribution in [3.8, 4) is 0 Å². The normalized spacial score (nSPS) is 21.6. The van der Waals surface area contributed by atoms with Crippen LogP contribution in [0.5, 0.6) is 0 Å². The predicted octanol–water partition coefficient (Wildman–Crippen LogP) is 1.20. The smallest absolute Gasteiger partial charge is 0.258 e. The molecule has 0 radical (unpaired) electrons. The highest BCUT2D eigenvalue weighted by Crippen LogP contribution is 2.41. The molecule has 1 amide bonds. The molecule has 2 aromatic heterocycles. The molecule has 2 fully saturated rings. The first-order chi connectivity index (χ1) is 11.1. The molecule has 2 saturated heterocycles. The van der Waals surface area contributed by atoms with Gasteiger partial charge < -0.3 is 4.90 Å². The van der Waals surface area contributed by atoms with Gasteiger partial charge in [-0.1, -0.05) is 0 Å². The summed E-state index contributed by atoms with van der Waals surface area (Å²) in [5.41, 5.74) is 0.672. The lowest BCUT2D eigenvalue weighted by molar-refractivity contribution is -0.137. The Balaban J connectivity index is 1.46. The molecule has 0 unspecified atom stereocenters. The summed E-state index contributed by atoms with van der Waals surface area (Å²) in [7, 11) is 1.90. The number of fused-ring (bicyclic) bond motifs is 1. The highest BCUT2D eigenvalue weighted by molar-refractivity contribution is 7.15. The third-order valence-electron chi connectivity index (χ3n) is 5.28. The zero-order valence-electron chi connectivity index (χ0n) is 13.2. The van der Waals surface area contributed by atoms with E-state index in [0.29, 0.717) is 12.5 Å². The molecule has 2 aliphatic heterocycles. The number of piperidine rings is 1. The van der Waals surface area contributed by atoms with Gasteiger partial charge in [0.1, 0.15) is 0 Å². The topological polar surface area (TPSA) is 57.9 Å². The van der Waals surface area contributed by atoms with Crippen LogP contribution in [-0.4, -0.2) is 51.8 Å². The quantitative estimate of drug-likeness (QED) is 0.829. The van der Waals surface area contributed by atoms with Gasteiger partial charge in [0.2, 0.25) is 5.91 Å². The van der Waals surface area contributed by atoms with Crippen LogP contribution in [0.15, 0.2) is 22.4 Å². The number of carbonyl (C=O) groups excluding carboxylic acids is 1. The number of rotatable bonds is 2. The molecule has 4 heterocycles. The second-order valence-corrected chi connectivity index (χ2v) is 7.55. The molecule has 23 heavy (non-hydrogen) atoms. The molecule has 2 aromatic rings. The lowest BCUT2D eigenvalue weighted by Crippen LogP contribution is -2.44. The zero-order chi connectivity index (χ0) is 16.0. The van der Waals surface area contributed by atoms with Crippen LogP contribution in [0.25, 0.3) is 4.96 Å². The van der Waals surface area contributed by atoms with Gasteiger partial charge in [-0.15, -0.1) is 11.3 Å². The fraction of sp³-hybridized carbons (Fsp3) is 0.562. The Morgan fingerprint density at radius 3 is 2.65 bits per heavy atom. The van der Waals surface area contributed by atoms with Gasteiger partial charge in [-0.2, -0.15) is 0 Å². The van der Waals surface area contributed by atoms with E-state index in [0.717, 1.165) is 49.6 Å². The zero-order valence-corrected chi connectivity index (χ0v) is 14.0. The SMILES string of the molecule is CN1CCC2(CCN(Cc3cc(=O)n4ccsc4n3)CC2)C1=O. The lowest BCUT2D eigenvalue weighted by Gasteiger charge is -2.37. The lowest BCUT2D eigenvalue weighted by atomic mass is 9.77. The number of aromatic nitrogens is 2. The Labute approximate surface area is 138 Å². The van der Waals surface area contributed by atoms with Crippen molar-refractivity contribution >= 4 is 22.2 Å². The van der Waals surface area contributed by atoms with E-state index in [1.165, 1.54) is 11.3 Å². The maximum Gasteiger partial charge on any atom is 0.258 e. The van der Waals surface area contributed by atoms with E-state index < -0.39 is 0 Å². The molecule has 2 aliphatic rings. The maximum atomic E-state index is 12.4. The van der Waals surface area contributed by atoms with Crippen LogP contribution in [0.1, 0.15) is 25.0 Å². The fourth-order valence-corrected chi connectivity index (χ4v) is 4.53. The first-order valence-electron chi connectivity index (χ1n) is 8.01. The predicted molar refractivity (Wildman–Crippen MR) is 88.5 cm³/mol. The van der Waals surface area contributed by atoms with Crippen LogP contribution >= 0.6 is 11.3 Å². The van der Waals surface area contributed by atoms with Crippen molar-refractivity contribution in [2.75, 3.05) is 26.7 Å². The van der Waals surface area contributed by atoms with Gasteiger partial charge in [-0.25, -0.2) is 4.98 Å². The number of thiazole rings is 1. The number of hydrogen-bond donors (Lipinski definition) is 0. The Hall–Kier alpha value is -1.73. The largest absolute Gasteiger partial charge is 0.345 e. The van der Waals surface area contributed by atoms with Crippen molar-refractivity contribution in [2.24, 2.45) is 5.41 Å². The van der Waals surface area contributed by atoms with Gasteiger partial charge in [-0.3, -0.25) is 18.9 Å². The number of nitrogens with zero attached hydrogens (tertiary/aromatic N) is 4. The molecular formula is C16H20N4O2S. The number of amides is 1. The second kappa shape index (κ2) is 5.42. The summed E-state index contributed by atoms with van der Waals surface area (Å²) in [6, 6.07) is 1.62. The van der Waals surface area contributed by atoms with Crippen LogP contribution < -0.4 is 5.56 Å². The van der Waals surface area contributed by atoms with Crippen LogP contribution in [0, 0.1) is 5.41 Å². The van der Waals surface area contributed by atoms with E-state index in [4.69, 9.17) is 0 Å². The molecule has 0 N–H and O–H groups in total. The van der Waals surface area contributed by atoms with Crippen molar-refractivity contribution < 1.29 is 4.79 Å². The standard InChI is InChI=1S/C16H20N4O2S/c1-18-5-2-16(14(18)22)3-6-19(7-4-16)11-12-10-13(21)20-8-9-23-15(20)17-12/h8-10H,2-7,11H2,1H3. The van der Waals surface area contributed by atoms with Gasteiger partial charge in [0, 0.05) is 37.8 Å². The molecule has 122 valence electrons. The molecule has 0 saturated carbocycles. The summed E-state index contributed by atoms with van der Waals surface area (Å²) < 4.78 is 1.58. The van der Waals surface area contributed by atoms with Crippen LogP contribution in [-0.2, 0) is 11.3 Å². The fourth-order valence-electron chi connectivity index (χ4n) is 3.80. The molecular weight excluding hydrogens is 312 g/mol. The number of carbonyl (C=O) groups is 1. The molecule has 0 aliphatic carbocycles. The Kier molecular flexibility index (Phi) is 3.50. The second-order valence-electron chi connectivity index (χ2n) is 6.67. The van der Waals surface area contributed by atoms with Crippen molar-refractivity contribution in [1.82, 2.24) is 19.2 Å². The maximum absolute atomic E-state index is 12.4. The highest BCUT2D eigenvalue weighted by atomic mass is 32.1. The number of likely N-dealkylation sites (tertiary alicyclic amines) is 2. The van der Waals surface area contributed by atoms with E-state index >= 15 is 0 Å². The van der Waals surface area contributed by atoms with Crippen LogP contribution in [0.4, 0.5) is 0 Å². The molecule has 6 nitrogen and oxygen atoms in total. The molecule has 1 spiro atoms.